The van der Waals surface area contributed by atoms with E-state index >= 15 is 0 Å². The van der Waals surface area contributed by atoms with Crippen molar-refractivity contribution in [1.82, 2.24) is 5.32 Å². The second-order valence-electron chi connectivity index (χ2n) is 4.50. The third-order valence-corrected chi connectivity index (χ3v) is 2.98. The second-order valence-corrected chi connectivity index (χ2v) is 4.50. The quantitative estimate of drug-likeness (QED) is 0.754. The van der Waals surface area contributed by atoms with Gasteiger partial charge in [0.2, 0.25) is 11.8 Å². The fourth-order valence-electron chi connectivity index (χ4n) is 1.97. The number of nitrogens with one attached hydrogen (secondary N) is 2. The van der Waals surface area contributed by atoms with Gasteiger partial charge in [0.15, 0.2) is 0 Å². The number of benzene rings is 1. The third kappa shape index (κ3) is 2.90. The molecular formula is C13H14N2O4. The lowest BCUT2D eigenvalue weighted by Crippen LogP contribution is -2.37. The zero-order chi connectivity index (χ0) is 14.0. The Hall–Kier alpha value is -2.37. The molecule has 19 heavy (non-hydrogen) atoms. The summed E-state index contributed by atoms with van der Waals surface area (Å²) in [6.45, 7) is 1.77. The summed E-state index contributed by atoms with van der Waals surface area (Å²) in [5.74, 6) is -1.66. The summed E-state index contributed by atoms with van der Waals surface area (Å²) in [7, 11) is 0. The van der Waals surface area contributed by atoms with Gasteiger partial charge in [-0.25, -0.2) is 4.79 Å². The summed E-state index contributed by atoms with van der Waals surface area (Å²) in [6, 6.07) is 4.17. The van der Waals surface area contributed by atoms with E-state index in [1.54, 1.807) is 19.1 Å². The van der Waals surface area contributed by atoms with Gasteiger partial charge in [-0.05, 0) is 25.5 Å². The molecule has 2 rings (SSSR count). The summed E-state index contributed by atoms with van der Waals surface area (Å²) in [6.07, 6.45) is 0.747. The van der Waals surface area contributed by atoms with Gasteiger partial charge in [-0.15, -0.1) is 0 Å². The van der Waals surface area contributed by atoms with Crippen LogP contribution in [0.4, 0.5) is 5.69 Å². The largest absolute Gasteiger partial charge is 0.478 e. The van der Waals surface area contributed by atoms with Crippen LogP contribution in [0.15, 0.2) is 18.2 Å². The highest BCUT2D eigenvalue weighted by Crippen LogP contribution is 2.18. The zero-order valence-electron chi connectivity index (χ0n) is 10.4. The van der Waals surface area contributed by atoms with Crippen molar-refractivity contribution < 1.29 is 19.5 Å². The highest BCUT2D eigenvalue weighted by molar-refractivity contribution is 6.04. The Morgan fingerprint density at radius 2 is 2.16 bits per heavy atom. The van der Waals surface area contributed by atoms with Gasteiger partial charge in [-0.3, -0.25) is 9.59 Å². The Kier molecular flexibility index (Phi) is 3.50. The van der Waals surface area contributed by atoms with Gasteiger partial charge in [-0.2, -0.15) is 0 Å². The van der Waals surface area contributed by atoms with Crippen LogP contribution >= 0.6 is 0 Å². The molecule has 1 fully saturated rings. The number of carboxylic acids is 1. The molecule has 1 heterocycles. The van der Waals surface area contributed by atoms with E-state index in [4.69, 9.17) is 5.11 Å². The maximum absolute atomic E-state index is 11.9. The molecule has 2 amide bonds. The van der Waals surface area contributed by atoms with E-state index < -0.39 is 17.9 Å². The van der Waals surface area contributed by atoms with E-state index in [2.05, 4.69) is 10.6 Å². The molecule has 3 N–H and O–H groups in total. The molecule has 1 aliphatic rings. The minimum Gasteiger partial charge on any atom is -0.478 e. The average molecular weight is 262 g/mol. The monoisotopic (exact) mass is 262 g/mol. The predicted octanol–water partition coefficient (Wildman–Crippen LogP) is 0.910. The van der Waals surface area contributed by atoms with Gasteiger partial charge in [0.25, 0.3) is 0 Å². The maximum Gasteiger partial charge on any atom is 0.337 e. The van der Waals surface area contributed by atoms with Crippen molar-refractivity contribution in [3.63, 3.8) is 0 Å². The van der Waals surface area contributed by atoms with Crippen LogP contribution in [-0.2, 0) is 9.59 Å². The van der Waals surface area contributed by atoms with E-state index in [1.165, 1.54) is 6.07 Å². The number of rotatable bonds is 3. The molecule has 100 valence electrons. The predicted molar refractivity (Wildman–Crippen MR) is 67.9 cm³/mol. The summed E-state index contributed by atoms with van der Waals surface area (Å²) < 4.78 is 0. The van der Waals surface area contributed by atoms with Gasteiger partial charge in [0.1, 0.15) is 6.04 Å². The smallest absolute Gasteiger partial charge is 0.337 e. The summed E-state index contributed by atoms with van der Waals surface area (Å²) in [5.41, 5.74) is 1.08. The minimum atomic E-state index is -1.10. The van der Waals surface area contributed by atoms with Crippen molar-refractivity contribution >= 4 is 23.5 Å². The normalized spacial score (nSPS) is 17.9. The second kappa shape index (κ2) is 5.09. The fourth-order valence-corrected chi connectivity index (χ4v) is 1.97. The number of hydrogen-bond acceptors (Lipinski definition) is 3. The van der Waals surface area contributed by atoms with Gasteiger partial charge in [-0.1, -0.05) is 11.6 Å². The Balaban J connectivity index is 2.17. The number of carboxylic acid groups (broad SMARTS) is 1. The molecule has 6 nitrogen and oxygen atoms in total. The Bertz CT molecular complexity index is 554. The standard InChI is InChI=1S/C13H14N2O4/c1-7-2-3-9(8(6-7)13(18)19)15-12(17)10-4-5-11(16)14-10/h2-3,6,10H,4-5H2,1H3,(H,14,16)(H,15,17)(H,18,19)/t10-/m1/s1. The van der Waals surface area contributed by atoms with Crippen molar-refractivity contribution in [2.45, 2.75) is 25.8 Å². The Morgan fingerprint density at radius 3 is 2.74 bits per heavy atom. The minimum absolute atomic E-state index is 0.0395. The molecule has 1 aromatic rings. The lowest BCUT2D eigenvalue weighted by molar-refractivity contribution is -0.122. The van der Waals surface area contributed by atoms with Crippen molar-refractivity contribution in [1.29, 1.82) is 0 Å². The van der Waals surface area contributed by atoms with Crippen molar-refractivity contribution in [2.75, 3.05) is 5.32 Å². The van der Waals surface area contributed by atoms with Crippen LogP contribution in [0.5, 0.6) is 0 Å². The van der Waals surface area contributed by atoms with Crippen LogP contribution in [0.2, 0.25) is 0 Å². The van der Waals surface area contributed by atoms with Crippen LogP contribution in [0, 0.1) is 6.92 Å². The SMILES string of the molecule is Cc1ccc(NC(=O)[C@H]2CCC(=O)N2)c(C(=O)O)c1. The summed E-state index contributed by atoms with van der Waals surface area (Å²) >= 11 is 0. The molecule has 1 aromatic carbocycles. The van der Waals surface area contributed by atoms with E-state index in [0.717, 1.165) is 5.56 Å². The molecule has 0 spiro atoms. The van der Waals surface area contributed by atoms with Crippen LogP contribution in [0.25, 0.3) is 0 Å². The molecule has 0 unspecified atom stereocenters. The number of carbonyl (C=O) groups is 3. The molecule has 0 aliphatic carbocycles. The van der Waals surface area contributed by atoms with Crippen molar-refractivity contribution in [3.8, 4) is 0 Å². The van der Waals surface area contributed by atoms with Crippen LogP contribution in [-0.4, -0.2) is 28.9 Å². The Morgan fingerprint density at radius 1 is 1.42 bits per heavy atom. The first kappa shape index (κ1) is 13.1. The van der Waals surface area contributed by atoms with E-state index in [9.17, 15) is 14.4 Å². The zero-order valence-corrected chi connectivity index (χ0v) is 10.4. The highest BCUT2D eigenvalue weighted by atomic mass is 16.4. The molecule has 0 aromatic heterocycles. The number of aryl methyl sites for hydroxylation is 1. The molecular weight excluding hydrogens is 248 g/mol. The summed E-state index contributed by atoms with van der Waals surface area (Å²) in [4.78, 5) is 34.1. The van der Waals surface area contributed by atoms with Gasteiger partial charge >= 0.3 is 5.97 Å². The van der Waals surface area contributed by atoms with Gasteiger partial charge < -0.3 is 15.7 Å². The van der Waals surface area contributed by atoms with Crippen LogP contribution < -0.4 is 10.6 Å². The average Bonchev–Trinajstić information content (AvgIpc) is 2.78. The number of carbonyl (C=O) groups excluding carboxylic acids is 2. The van der Waals surface area contributed by atoms with Gasteiger partial charge in [0, 0.05) is 6.42 Å². The van der Waals surface area contributed by atoms with Gasteiger partial charge in [0.05, 0.1) is 11.3 Å². The molecule has 0 bridgehead atoms. The lowest BCUT2D eigenvalue weighted by atomic mass is 10.1. The van der Waals surface area contributed by atoms with E-state index in [-0.39, 0.29) is 17.2 Å². The van der Waals surface area contributed by atoms with Crippen LogP contribution in [0.3, 0.4) is 0 Å². The fraction of sp³-hybridized carbons (Fsp3) is 0.308. The first-order valence-corrected chi connectivity index (χ1v) is 5.91. The molecule has 1 aliphatic heterocycles. The highest BCUT2D eigenvalue weighted by Gasteiger charge is 2.27. The topological polar surface area (TPSA) is 95.5 Å². The lowest BCUT2D eigenvalue weighted by Gasteiger charge is -2.13. The van der Waals surface area contributed by atoms with Crippen molar-refractivity contribution in [2.24, 2.45) is 0 Å². The molecule has 0 saturated carbocycles. The molecule has 1 saturated heterocycles. The van der Waals surface area contributed by atoms with E-state index in [0.29, 0.717) is 12.8 Å². The maximum atomic E-state index is 11.9. The van der Waals surface area contributed by atoms with Crippen molar-refractivity contribution in [3.05, 3.63) is 29.3 Å². The molecule has 1 atom stereocenters. The number of anilines is 1. The molecule has 6 heteroatoms. The number of amides is 2. The first-order chi connectivity index (χ1) is 8.97. The number of hydrogen-bond donors (Lipinski definition) is 3. The molecule has 0 radical (unpaired) electrons. The third-order valence-electron chi connectivity index (χ3n) is 2.98. The van der Waals surface area contributed by atoms with Crippen LogP contribution in [0.1, 0.15) is 28.8 Å². The van der Waals surface area contributed by atoms with E-state index in [1.807, 2.05) is 0 Å². The summed E-state index contributed by atoms with van der Waals surface area (Å²) in [5, 5.41) is 14.2. The first-order valence-electron chi connectivity index (χ1n) is 5.91. The number of aromatic carboxylic acids is 1. The Labute approximate surface area is 109 Å².